The molecule has 3 aromatic rings. The minimum atomic E-state index is -0.412. The zero-order valence-electron chi connectivity index (χ0n) is 17.3. The van der Waals surface area contributed by atoms with Crippen molar-refractivity contribution in [2.75, 3.05) is 25.6 Å². The summed E-state index contributed by atoms with van der Waals surface area (Å²) in [7, 11) is 1.61. The zero-order chi connectivity index (χ0) is 22.2. The van der Waals surface area contributed by atoms with Gasteiger partial charge in [-0.15, -0.1) is 0 Å². The number of aromatic nitrogens is 1. The van der Waals surface area contributed by atoms with Gasteiger partial charge in [-0.05, 0) is 43.3 Å². The van der Waals surface area contributed by atoms with Gasteiger partial charge in [-0.2, -0.15) is 0 Å². The number of halogens is 1. The Hall–Kier alpha value is -3.45. The van der Waals surface area contributed by atoms with Gasteiger partial charge in [0.15, 0.2) is 12.4 Å². The minimum Gasteiger partial charge on any atom is -0.497 e. The maximum atomic E-state index is 12.2. The van der Waals surface area contributed by atoms with Crippen LogP contribution in [0.25, 0.3) is 0 Å². The van der Waals surface area contributed by atoms with Gasteiger partial charge in [0.2, 0.25) is 5.43 Å². The Morgan fingerprint density at radius 1 is 1.03 bits per heavy atom. The molecule has 1 aromatic heterocycles. The first-order chi connectivity index (χ1) is 15.0. The Bertz CT molecular complexity index is 1100. The lowest BCUT2D eigenvalue weighted by molar-refractivity contribution is -0.118. The van der Waals surface area contributed by atoms with Crippen molar-refractivity contribution < 1.29 is 19.0 Å². The van der Waals surface area contributed by atoms with Crippen LogP contribution in [-0.4, -0.2) is 30.8 Å². The fourth-order valence-electron chi connectivity index (χ4n) is 2.89. The third-order valence-corrected chi connectivity index (χ3v) is 4.87. The molecule has 0 radical (unpaired) electrons. The van der Waals surface area contributed by atoms with Crippen LogP contribution in [0.2, 0.25) is 5.02 Å². The summed E-state index contributed by atoms with van der Waals surface area (Å²) in [5.74, 6) is 1.18. The molecule has 0 spiro atoms. The number of pyridine rings is 1. The molecular formula is C23H23ClN2O5. The van der Waals surface area contributed by atoms with E-state index >= 15 is 0 Å². The summed E-state index contributed by atoms with van der Waals surface area (Å²) in [6.45, 7) is 2.34. The van der Waals surface area contributed by atoms with Crippen LogP contribution >= 0.6 is 11.6 Å². The van der Waals surface area contributed by atoms with E-state index in [4.69, 9.17) is 25.8 Å². The first-order valence-corrected chi connectivity index (χ1v) is 10.00. The number of nitrogens with one attached hydrogen (secondary N) is 1. The Morgan fingerprint density at radius 3 is 2.45 bits per heavy atom. The van der Waals surface area contributed by atoms with Crippen LogP contribution in [0, 0.1) is 6.92 Å². The first kappa shape index (κ1) is 22.2. The highest BCUT2D eigenvalue weighted by molar-refractivity contribution is 6.33. The molecule has 0 atom stereocenters. The molecule has 0 saturated heterocycles. The van der Waals surface area contributed by atoms with E-state index in [2.05, 4.69) is 5.32 Å². The second-order valence-corrected chi connectivity index (χ2v) is 7.04. The van der Waals surface area contributed by atoms with E-state index in [0.717, 1.165) is 5.75 Å². The van der Waals surface area contributed by atoms with Crippen LogP contribution in [-0.2, 0) is 11.3 Å². The molecule has 1 heterocycles. The largest absolute Gasteiger partial charge is 0.497 e. The molecule has 0 bridgehead atoms. The van der Waals surface area contributed by atoms with E-state index in [0.29, 0.717) is 35.3 Å². The van der Waals surface area contributed by atoms with Crippen molar-refractivity contribution in [3.05, 3.63) is 81.7 Å². The molecule has 31 heavy (non-hydrogen) atoms. The number of hydrogen-bond acceptors (Lipinski definition) is 5. The molecule has 3 rings (SSSR count). The summed E-state index contributed by atoms with van der Waals surface area (Å²) >= 11 is 6.04. The van der Waals surface area contributed by atoms with Gasteiger partial charge >= 0.3 is 0 Å². The van der Waals surface area contributed by atoms with Crippen molar-refractivity contribution in [2.45, 2.75) is 13.5 Å². The molecule has 0 aliphatic carbocycles. The lowest BCUT2D eigenvalue weighted by Gasteiger charge is -2.15. The van der Waals surface area contributed by atoms with Gasteiger partial charge < -0.3 is 24.1 Å². The van der Waals surface area contributed by atoms with E-state index in [1.54, 1.807) is 44.5 Å². The van der Waals surface area contributed by atoms with Crippen LogP contribution in [0.1, 0.15) is 5.69 Å². The second-order valence-electron chi connectivity index (χ2n) is 6.63. The number of ether oxygens (including phenoxy) is 3. The van der Waals surface area contributed by atoms with Crippen molar-refractivity contribution in [3.8, 4) is 17.2 Å². The lowest BCUT2D eigenvalue weighted by Crippen LogP contribution is -2.24. The van der Waals surface area contributed by atoms with Crippen LogP contribution in [0.15, 0.2) is 65.6 Å². The van der Waals surface area contributed by atoms with Gasteiger partial charge in [0, 0.05) is 12.3 Å². The highest BCUT2D eigenvalue weighted by atomic mass is 35.5. The number of amides is 1. The molecule has 1 amide bonds. The zero-order valence-corrected chi connectivity index (χ0v) is 18.0. The van der Waals surface area contributed by atoms with Crippen molar-refractivity contribution >= 4 is 23.2 Å². The van der Waals surface area contributed by atoms with Crippen molar-refractivity contribution in [1.29, 1.82) is 0 Å². The number of anilines is 1. The second kappa shape index (κ2) is 10.5. The van der Waals surface area contributed by atoms with Gasteiger partial charge in [-0.25, -0.2) is 0 Å². The van der Waals surface area contributed by atoms with Crippen molar-refractivity contribution in [1.82, 2.24) is 4.57 Å². The minimum absolute atomic E-state index is 0.126. The van der Waals surface area contributed by atoms with Crippen LogP contribution in [0.5, 0.6) is 17.2 Å². The highest BCUT2D eigenvalue weighted by Gasteiger charge is 2.12. The highest BCUT2D eigenvalue weighted by Crippen LogP contribution is 2.20. The molecule has 0 unspecified atom stereocenters. The number of benzene rings is 2. The van der Waals surface area contributed by atoms with E-state index in [9.17, 15) is 9.59 Å². The molecule has 0 saturated carbocycles. The van der Waals surface area contributed by atoms with Crippen molar-refractivity contribution in [2.24, 2.45) is 0 Å². The summed E-state index contributed by atoms with van der Waals surface area (Å²) in [6.07, 6.45) is 1.67. The van der Waals surface area contributed by atoms with E-state index < -0.39 is 5.91 Å². The molecule has 0 aliphatic heterocycles. The number of rotatable bonds is 9. The molecule has 7 nitrogen and oxygen atoms in total. The van der Waals surface area contributed by atoms with Gasteiger partial charge in [-0.3, -0.25) is 9.59 Å². The third-order valence-electron chi connectivity index (χ3n) is 4.54. The first-order valence-electron chi connectivity index (χ1n) is 9.62. The average Bonchev–Trinajstić information content (AvgIpc) is 2.77. The Labute approximate surface area is 185 Å². The number of para-hydroxylation sites is 1. The lowest BCUT2D eigenvalue weighted by atomic mass is 10.3. The number of nitrogens with zero attached hydrogens (tertiary/aromatic N) is 1. The Kier molecular flexibility index (Phi) is 7.56. The van der Waals surface area contributed by atoms with Gasteiger partial charge in [0.05, 0.1) is 30.1 Å². The van der Waals surface area contributed by atoms with Gasteiger partial charge in [0.1, 0.15) is 18.1 Å². The smallest absolute Gasteiger partial charge is 0.262 e. The van der Waals surface area contributed by atoms with Crippen LogP contribution in [0.4, 0.5) is 5.69 Å². The summed E-state index contributed by atoms with van der Waals surface area (Å²) in [4.78, 5) is 24.4. The van der Waals surface area contributed by atoms with Gasteiger partial charge in [0.25, 0.3) is 5.91 Å². The fourth-order valence-corrected chi connectivity index (χ4v) is 3.08. The average molecular weight is 443 g/mol. The summed E-state index contributed by atoms with van der Waals surface area (Å²) in [6, 6.07) is 15.6. The van der Waals surface area contributed by atoms with Crippen LogP contribution in [0.3, 0.4) is 0 Å². The van der Waals surface area contributed by atoms with E-state index in [1.807, 2.05) is 28.8 Å². The Balaban J connectivity index is 1.58. The normalized spacial score (nSPS) is 10.4. The molecule has 8 heteroatoms. The topological polar surface area (TPSA) is 78.8 Å². The molecule has 1 N–H and O–H groups in total. The van der Waals surface area contributed by atoms with E-state index in [1.165, 1.54) is 6.07 Å². The number of methoxy groups -OCH3 is 1. The quantitative estimate of drug-likeness (QED) is 0.543. The summed E-state index contributed by atoms with van der Waals surface area (Å²) in [5, 5.41) is 3.08. The molecular weight excluding hydrogens is 420 g/mol. The predicted molar refractivity (Wildman–Crippen MR) is 120 cm³/mol. The summed E-state index contributed by atoms with van der Waals surface area (Å²) < 4.78 is 18.2. The summed E-state index contributed by atoms with van der Waals surface area (Å²) in [5.41, 5.74) is 0.794. The number of carbonyl (C=O) groups excluding carboxylic acids is 1. The molecule has 0 aliphatic rings. The standard InChI is InChI=1S/C23H23ClN2O5/c1-16-23(31-15-22(28)25-20-6-4-3-5-19(20)24)21(27)11-12-26(16)13-14-30-18-9-7-17(29-2)8-10-18/h3-12H,13-15H2,1-2H3,(H,25,28). The fraction of sp³-hybridized carbons (Fsp3) is 0.217. The van der Waals surface area contributed by atoms with E-state index in [-0.39, 0.29) is 17.8 Å². The SMILES string of the molecule is COc1ccc(OCCn2ccc(=O)c(OCC(=O)Nc3ccccc3Cl)c2C)cc1. The number of hydrogen-bond donors (Lipinski definition) is 1. The maximum Gasteiger partial charge on any atom is 0.262 e. The molecule has 2 aromatic carbocycles. The monoisotopic (exact) mass is 442 g/mol. The third kappa shape index (κ3) is 6.02. The predicted octanol–water partition coefficient (Wildman–Crippen LogP) is 3.92. The van der Waals surface area contributed by atoms with Crippen LogP contribution < -0.4 is 25.0 Å². The maximum absolute atomic E-state index is 12.2. The van der Waals surface area contributed by atoms with Gasteiger partial charge in [-0.1, -0.05) is 23.7 Å². The Morgan fingerprint density at radius 2 is 1.74 bits per heavy atom. The molecule has 162 valence electrons. The molecule has 0 fully saturated rings. The van der Waals surface area contributed by atoms with Crippen molar-refractivity contribution in [3.63, 3.8) is 0 Å². The number of carbonyl (C=O) groups is 1.